The van der Waals surface area contributed by atoms with Crippen LogP contribution in [0.25, 0.3) is 0 Å². The van der Waals surface area contributed by atoms with Crippen molar-refractivity contribution in [2.45, 2.75) is 12.5 Å². The Bertz CT molecular complexity index is 112. The summed E-state index contributed by atoms with van der Waals surface area (Å²) in [5.74, 6) is 2.33. The Hall–Kier alpha value is -0.260. The summed E-state index contributed by atoms with van der Waals surface area (Å²) >= 11 is 3.01. The summed E-state index contributed by atoms with van der Waals surface area (Å²) in [6.45, 7) is 0. The van der Waals surface area contributed by atoms with Gasteiger partial charge in [-0.15, -0.1) is 12.3 Å². The van der Waals surface area contributed by atoms with Crippen molar-refractivity contribution < 1.29 is 5.11 Å². The minimum absolute atomic E-state index is 0.377. The van der Waals surface area contributed by atoms with Crippen LogP contribution >= 0.6 is 15.9 Å². The Labute approximate surface area is 57.5 Å². The van der Waals surface area contributed by atoms with E-state index >= 15 is 0 Å². The molecule has 44 valence electrons. The van der Waals surface area contributed by atoms with Gasteiger partial charge in [0.25, 0.3) is 0 Å². The van der Waals surface area contributed by atoms with Crippen molar-refractivity contribution in [2.24, 2.45) is 0 Å². The molecule has 0 aliphatic rings. The molecule has 2 heteroatoms. The summed E-state index contributed by atoms with van der Waals surface area (Å²) in [4.78, 5) is 1.59. The van der Waals surface area contributed by atoms with Crippen molar-refractivity contribution in [1.29, 1.82) is 0 Å². The summed E-state index contributed by atoms with van der Waals surface area (Å²) in [5.41, 5.74) is 0. The van der Waals surface area contributed by atoms with Crippen molar-refractivity contribution in [3.8, 4) is 12.3 Å². The third kappa shape index (κ3) is 3.91. The fraction of sp³-hybridized carbons (Fsp3) is 0.333. The zero-order valence-electron chi connectivity index (χ0n) is 4.34. The van der Waals surface area contributed by atoms with Crippen LogP contribution in [0.2, 0.25) is 0 Å². The second kappa shape index (κ2) is 4.89. The monoisotopic (exact) mass is 174 g/mol. The number of aliphatic hydroxyl groups excluding tert-OH is 1. The minimum atomic E-state index is -0.501. The number of hydrogen-bond acceptors (Lipinski definition) is 1. The van der Waals surface area contributed by atoms with Crippen LogP contribution in [0.15, 0.2) is 11.1 Å². The van der Waals surface area contributed by atoms with Gasteiger partial charge in [-0.05, 0) is 11.1 Å². The second-order valence-corrected chi connectivity index (χ2v) is 1.82. The summed E-state index contributed by atoms with van der Waals surface area (Å²) in [6.07, 6.45) is 6.36. The van der Waals surface area contributed by atoms with Crippen molar-refractivity contribution in [3.05, 3.63) is 11.1 Å². The van der Waals surface area contributed by atoms with Crippen LogP contribution in [0, 0.1) is 12.3 Å². The first kappa shape index (κ1) is 7.74. The lowest BCUT2D eigenvalue weighted by molar-refractivity contribution is 0.229. The second-order valence-electron chi connectivity index (χ2n) is 1.29. The number of aliphatic hydroxyl groups is 1. The van der Waals surface area contributed by atoms with E-state index in [9.17, 15) is 0 Å². The van der Waals surface area contributed by atoms with Crippen LogP contribution in [0.5, 0.6) is 0 Å². The van der Waals surface area contributed by atoms with E-state index in [1.807, 2.05) is 0 Å². The van der Waals surface area contributed by atoms with Crippen LogP contribution in [-0.2, 0) is 0 Å². The summed E-state index contributed by atoms with van der Waals surface area (Å²) in [7, 11) is 0. The van der Waals surface area contributed by atoms with Crippen molar-refractivity contribution in [1.82, 2.24) is 0 Å². The van der Waals surface area contributed by atoms with Crippen LogP contribution in [0.1, 0.15) is 6.42 Å². The average Bonchev–Trinajstić information content (AvgIpc) is 1.68. The minimum Gasteiger partial charge on any atom is -0.388 e. The molecule has 0 radical (unpaired) electrons. The molecule has 1 atom stereocenters. The first-order valence-corrected chi connectivity index (χ1v) is 3.11. The van der Waals surface area contributed by atoms with Crippen LogP contribution in [0.4, 0.5) is 0 Å². The Balaban J connectivity index is 3.36. The van der Waals surface area contributed by atoms with Gasteiger partial charge in [-0.3, -0.25) is 0 Å². The highest BCUT2D eigenvalue weighted by atomic mass is 79.9. The third-order valence-corrected chi connectivity index (χ3v) is 0.927. The van der Waals surface area contributed by atoms with E-state index in [4.69, 9.17) is 11.5 Å². The predicted molar refractivity (Wildman–Crippen MR) is 37.5 cm³/mol. The van der Waals surface area contributed by atoms with Gasteiger partial charge in [0, 0.05) is 6.42 Å². The van der Waals surface area contributed by atoms with Gasteiger partial charge in [-0.25, -0.2) is 0 Å². The van der Waals surface area contributed by atoms with Gasteiger partial charge in [0.1, 0.15) is 0 Å². The first-order valence-electron chi connectivity index (χ1n) is 2.19. The molecular weight excluding hydrogens is 168 g/mol. The van der Waals surface area contributed by atoms with Gasteiger partial charge in [0.15, 0.2) is 0 Å². The maximum atomic E-state index is 8.79. The van der Waals surface area contributed by atoms with E-state index in [1.54, 1.807) is 11.1 Å². The number of terminal acetylenes is 1. The molecule has 0 bridgehead atoms. The first-order chi connectivity index (χ1) is 3.81. The lowest BCUT2D eigenvalue weighted by Crippen LogP contribution is -1.98. The summed E-state index contributed by atoms with van der Waals surface area (Å²) in [6, 6.07) is 0. The van der Waals surface area contributed by atoms with Crippen molar-refractivity contribution in [2.75, 3.05) is 0 Å². The fourth-order valence-electron chi connectivity index (χ4n) is 0.273. The van der Waals surface area contributed by atoms with Gasteiger partial charge in [-0.1, -0.05) is 15.9 Å². The fourth-order valence-corrected chi connectivity index (χ4v) is 0.625. The Kier molecular flexibility index (Phi) is 4.73. The van der Waals surface area contributed by atoms with Crippen molar-refractivity contribution >= 4 is 15.9 Å². The number of halogens is 1. The van der Waals surface area contributed by atoms with Crippen LogP contribution < -0.4 is 0 Å². The summed E-state index contributed by atoms with van der Waals surface area (Å²) in [5, 5.41) is 8.79. The molecule has 0 aromatic heterocycles. The molecular formula is C6H7BrO. The van der Waals surface area contributed by atoms with Gasteiger partial charge in [-0.2, -0.15) is 0 Å². The molecule has 0 heterocycles. The van der Waals surface area contributed by atoms with E-state index in [1.165, 1.54) is 0 Å². The lowest BCUT2D eigenvalue weighted by Gasteiger charge is -1.94. The van der Waals surface area contributed by atoms with E-state index < -0.39 is 6.10 Å². The zero-order chi connectivity index (χ0) is 6.41. The van der Waals surface area contributed by atoms with E-state index in [0.29, 0.717) is 6.42 Å². The third-order valence-electron chi connectivity index (χ3n) is 0.622. The molecule has 8 heavy (non-hydrogen) atoms. The molecule has 0 saturated carbocycles. The highest BCUT2D eigenvalue weighted by Gasteiger charge is 1.91. The van der Waals surface area contributed by atoms with E-state index in [2.05, 4.69) is 21.9 Å². The topological polar surface area (TPSA) is 20.2 Å². The molecule has 0 spiro atoms. The highest BCUT2D eigenvalue weighted by Crippen LogP contribution is 1.93. The van der Waals surface area contributed by atoms with Gasteiger partial charge in [0.2, 0.25) is 0 Å². The maximum absolute atomic E-state index is 8.79. The zero-order valence-corrected chi connectivity index (χ0v) is 5.93. The standard InChI is InChI=1S/C6H7BrO/c1-2-3-6(8)4-5-7/h1,4-6,8H,3H2/b5-4-. The molecule has 0 aliphatic heterocycles. The normalized spacial score (nSPS) is 13.6. The number of rotatable bonds is 2. The van der Waals surface area contributed by atoms with Gasteiger partial charge in [0.05, 0.1) is 6.10 Å². The molecule has 0 aromatic rings. The Morgan fingerprint density at radius 2 is 2.50 bits per heavy atom. The molecule has 0 fully saturated rings. The Morgan fingerprint density at radius 1 is 1.88 bits per heavy atom. The molecule has 1 nitrogen and oxygen atoms in total. The SMILES string of the molecule is C#CCC(O)/C=C\Br. The van der Waals surface area contributed by atoms with Crippen LogP contribution in [0.3, 0.4) is 0 Å². The largest absolute Gasteiger partial charge is 0.388 e. The van der Waals surface area contributed by atoms with E-state index in [0.717, 1.165) is 0 Å². The lowest BCUT2D eigenvalue weighted by atomic mass is 10.3. The molecule has 0 aliphatic carbocycles. The molecule has 0 saturated heterocycles. The molecule has 0 rings (SSSR count). The molecule has 0 amide bonds. The smallest absolute Gasteiger partial charge is 0.0838 e. The van der Waals surface area contributed by atoms with Gasteiger partial charge >= 0.3 is 0 Å². The molecule has 1 N–H and O–H groups in total. The quantitative estimate of drug-likeness (QED) is 0.626. The van der Waals surface area contributed by atoms with Gasteiger partial charge < -0.3 is 5.11 Å². The summed E-state index contributed by atoms with van der Waals surface area (Å²) < 4.78 is 0. The van der Waals surface area contributed by atoms with Crippen LogP contribution in [-0.4, -0.2) is 11.2 Å². The highest BCUT2D eigenvalue weighted by molar-refractivity contribution is 9.11. The predicted octanol–water partition coefficient (Wildman–Crippen LogP) is 1.28. The molecule has 1 unspecified atom stereocenters. The average molecular weight is 175 g/mol. The Morgan fingerprint density at radius 3 is 2.88 bits per heavy atom. The molecule has 0 aromatic carbocycles. The maximum Gasteiger partial charge on any atom is 0.0838 e. The van der Waals surface area contributed by atoms with E-state index in [-0.39, 0.29) is 0 Å². The number of hydrogen-bond donors (Lipinski definition) is 1. The van der Waals surface area contributed by atoms with Crippen molar-refractivity contribution in [3.63, 3.8) is 0 Å².